The third-order valence-corrected chi connectivity index (χ3v) is 4.94. The zero-order valence-electron chi connectivity index (χ0n) is 16.4. The van der Waals surface area contributed by atoms with Crippen LogP contribution in [0.25, 0.3) is 11.6 Å². The highest BCUT2D eigenvalue weighted by atomic mass is 16.5. The first-order valence-electron chi connectivity index (χ1n) is 9.52. The van der Waals surface area contributed by atoms with Crippen LogP contribution in [0, 0.1) is 10.8 Å². The third kappa shape index (κ3) is 5.19. The van der Waals surface area contributed by atoms with Gasteiger partial charge in [0.05, 0.1) is 24.6 Å². The van der Waals surface area contributed by atoms with Crippen LogP contribution in [-0.2, 0) is 11.3 Å². The summed E-state index contributed by atoms with van der Waals surface area (Å²) in [7, 11) is 0. The number of nitrogen functional groups attached to an aromatic ring is 1. The van der Waals surface area contributed by atoms with Gasteiger partial charge in [-0.15, -0.1) is 0 Å². The van der Waals surface area contributed by atoms with Crippen molar-refractivity contribution in [3.8, 4) is 0 Å². The molecular weight excluding hydrogens is 362 g/mol. The molecule has 0 radical (unpaired) electrons. The number of anilines is 1. The number of benzene rings is 2. The summed E-state index contributed by atoms with van der Waals surface area (Å²) in [6, 6.07) is 13.4. The van der Waals surface area contributed by atoms with Gasteiger partial charge in [-0.25, -0.2) is 0 Å². The van der Waals surface area contributed by atoms with Gasteiger partial charge in [0.2, 0.25) is 0 Å². The minimum absolute atomic E-state index is 0.153. The molecule has 6 nitrogen and oxygen atoms in total. The molecule has 0 aromatic heterocycles. The molecule has 0 bridgehead atoms. The molecule has 3 rings (SSSR count). The Kier molecular flexibility index (Phi) is 6.59. The molecule has 0 spiro atoms. The maximum atomic E-state index is 8.50. The standard InChI is InChI=1S/C23H27N5O/c1-16(14-24)19-5-6-21(25)20(13-19)23(27)22(26)12-17-3-2-4-18(11-17)15-28-7-9-29-10-8-28/h2-6,11-14,24,27H,1,7-10,15,25-26H2/b22-12-,24-14?,27-23?. The molecule has 2 aromatic carbocycles. The Bertz CT molecular complexity index is 957. The highest BCUT2D eigenvalue weighted by Crippen LogP contribution is 2.21. The summed E-state index contributed by atoms with van der Waals surface area (Å²) in [5, 5.41) is 15.9. The Balaban J connectivity index is 1.80. The Labute approximate surface area is 171 Å². The van der Waals surface area contributed by atoms with Crippen molar-refractivity contribution < 1.29 is 4.74 Å². The summed E-state index contributed by atoms with van der Waals surface area (Å²) in [6.45, 7) is 8.11. The van der Waals surface area contributed by atoms with Crippen molar-refractivity contribution in [1.82, 2.24) is 4.90 Å². The zero-order chi connectivity index (χ0) is 20.8. The molecule has 150 valence electrons. The van der Waals surface area contributed by atoms with Crippen LogP contribution in [0.2, 0.25) is 0 Å². The van der Waals surface area contributed by atoms with Crippen molar-refractivity contribution in [1.29, 1.82) is 10.8 Å². The number of rotatable bonds is 7. The lowest BCUT2D eigenvalue weighted by atomic mass is 9.98. The first-order chi connectivity index (χ1) is 14.0. The van der Waals surface area contributed by atoms with Gasteiger partial charge in [0, 0.05) is 37.1 Å². The molecule has 0 amide bonds. The van der Waals surface area contributed by atoms with Gasteiger partial charge < -0.3 is 21.6 Å². The van der Waals surface area contributed by atoms with Gasteiger partial charge in [-0.3, -0.25) is 10.3 Å². The quantitative estimate of drug-likeness (QED) is 0.430. The first-order valence-corrected chi connectivity index (χ1v) is 9.52. The lowest BCUT2D eigenvalue weighted by Crippen LogP contribution is -2.35. The topological polar surface area (TPSA) is 112 Å². The van der Waals surface area contributed by atoms with E-state index in [4.69, 9.17) is 27.0 Å². The van der Waals surface area contributed by atoms with E-state index in [1.165, 1.54) is 11.8 Å². The van der Waals surface area contributed by atoms with Crippen LogP contribution in [0.15, 0.2) is 54.7 Å². The fourth-order valence-corrected chi connectivity index (χ4v) is 3.26. The van der Waals surface area contributed by atoms with Crippen LogP contribution in [-0.4, -0.2) is 43.1 Å². The minimum Gasteiger partial charge on any atom is -0.398 e. The van der Waals surface area contributed by atoms with E-state index in [0.717, 1.165) is 44.0 Å². The van der Waals surface area contributed by atoms with E-state index in [9.17, 15) is 0 Å². The third-order valence-electron chi connectivity index (χ3n) is 4.94. The predicted octanol–water partition coefficient (Wildman–Crippen LogP) is 3.13. The van der Waals surface area contributed by atoms with Gasteiger partial charge in [-0.1, -0.05) is 36.9 Å². The van der Waals surface area contributed by atoms with E-state index < -0.39 is 0 Å². The van der Waals surface area contributed by atoms with Crippen LogP contribution in [0.5, 0.6) is 0 Å². The fraction of sp³-hybridized carbons (Fsp3) is 0.217. The minimum atomic E-state index is 0.153. The predicted molar refractivity (Wildman–Crippen MR) is 120 cm³/mol. The van der Waals surface area contributed by atoms with Crippen molar-refractivity contribution in [2.75, 3.05) is 32.0 Å². The zero-order valence-corrected chi connectivity index (χ0v) is 16.4. The summed E-state index contributed by atoms with van der Waals surface area (Å²) in [4.78, 5) is 2.36. The van der Waals surface area contributed by atoms with Crippen molar-refractivity contribution in [2.45, 2.75) is 6.54 Å². The van der Waals surface area contributed by atoms with Crippen LogP contribution in [0.1, 0.15) is 22.3 Å². The van der Waals surface area contributed by atoms with E-state index in [1.54, 1.807) is 24.3 Å². The SMILES string of the molecule is C=C(C=N)c1ccc(N)c(C(=N)/C(N)=C/c2cccc(CN3CCOCC3)c2)c1. The number of allylic oxidation sites excluding steroid dienone is 2. The van der Waals surface area contributed by atoms with Gasteiger partial charge in [0.1, 0.15) is 0 Å². The molecule has 1 heterocycles. The van der Waals surface area contributed by atoms with E-state index >= 15 is 0 Å². The van der Waals surface area contributed by atoms with Gasteiger partial charge in [0.15, 0.2) is 0 Å². The van der Waals surface area contributed by atoms with Crippen LogP contribution >= 0.6 is 0 Å². The summed E-state index contributed by atoms with van der Waals surface area (Å²) in [5.41, 5.74) is 17.2. The summed E-state index contributed by atoms with van der Waals surface area (Å²) >= 11 is 0. The van der Waals surface area contributed by atoms with Gasteiger partial charge >= 0.3 is 0 Å². The number of ether oxygens (including phenoxy) is 1. The smallest absolute Gasteiger partial charge is 0.0862 e. The molecule has 1 aliphatic heterocycles. The maximum Gasteiger partial charge on any atom is 0.0862 e. The van der Waals surface area contributed by atoms with Crippen molar-refractivity contribution in [3.05, 3.63) is 77.0 Å². The second-order valence-corrected chi connectivity index (χ2v) is 7.08. The lowest BCUT2D eigenvalue weighted by molar-refractivity contribution is 0.0342. The van der Waals surface area contributed by atoms with E-state index in [-0.39, 0.29) is 5.71 Å². The second kappa shape index (κ2) is 9.32. The molecule has 0 unspecified atom stereocenters. The average Bonchev–Trinajstić information content (AvgIpc) is 2.74. The molecule has 29 heavy (non-hydrogen) atoms. The van der Waals surface area contributed by atoms with Gasteiger partial charge in [-0.2, -0.15) is 0 Å². The lowest BCUT2D eigenvalue weighted by Gasteiger charge is -2.26. The molecule has 0 saturated carbocycles. The molecule has 0 atom stereocenters. The van der Waals surface area contributed by atoms with Crippen LogP contribution in [0.4, 0.5) is 5.69 Å². The van der Waals surface area contributed by atoms with Crippen molar-refractivity contribution in [3.63, 3.8) is 0 Å². The van der Waals surface area contributed by atoms with Crippen molar-refractivity contribution >= 4 is 29.3 Å². The normalized spacial score (nSPS) is 15.1. The van der Waals surface area contributed by atoms with E-state index in [2.05, 4.69) is 23.6 Å². The number of nitrogens with two attached hydrogens (primary N) is 2. The average molecular weight is 390 g/mol. The summed E-state index contributed by atoms with van der Waals surface area (Å²) < 4.78 is 5.40. The fourth-order valence-electron chi connectivity index (χ4n) is 3.26. The maximum absolute atomic E-state index is 8.50. The Hall–Kier alpha value is -3.22. The number of nitrogens with zero attached hydrogens (tertiary/aromatic N) is 1. The number of hydrogen-bond acceptors (Lipinski definition) is 6. The summed E-state index contributed by atoms with van der Waals surface area (Å²) in [6.07, 6.45) is 2.97. The van der Waals surface area contributed by atoms with E-state index in [0.29, 0.717) is 22.5 Å². The number of morpholine rings is 1. The Morgan fingerprint density at radius 1 is 1.17 bits per heavy atom. The molecule has 1 aliphatic rings. The largest absolute Gasteiger partial charge is 0.398 e. The second-order valence-electron chi connectivity index (χ2n) is 7.08. The number of hydrogen-bond donors (Lipinski definition) is 4. The highest BCUT2D eigenvalue weighted by Gasteiger charge is 2.12. The highest BCUT2D eigenvalue weighted by molar-refractivity contribution is 6.16. The van der Waals surface area contributed by atoms with Crippen LogP contribution < -0.4 is 11.5 Å². The first kappa shape index (κ1) is 20.5. The molecule has 2 aromatic rings. The number of nitrogens with one attached hydrogen (secondary N) is 2. The molecule has 6 N–H and O–H groups in total. The van der Waals surface area contributed by atoms with Gasteiger partial charge in [-0.05, 0) is 40.5 Å². The molecule has 1 fully saturated rings. The van der Waals surface area contributed by atoms with Gasteiger partial charge in [0.25, 0.3) is 0 Å². The molecular formula is C23H27N5O. The molecule has 0 aliphatic carbocycles. The Morgan fingerprint density at radius 3 is 2.66 bits per heavy atom. The molecule has 1 saturated heterocycles. The van der Waals surface area contributed by atoms with Crippen molar-refractivity contribution in [2.24, 2.45) is 5.73 Å². The Morgan fingerprint density at radius 2 is 1.93 bits per heavy atom. The van der Waals surface area contributed by atoms with Crippen LogP contribution in [0.3, 0.4) is 0 Å². The summed E-state index contributed by atoms with van der Waals surface area (Å²) in [5.74, 6) is 0. The molecule has 6 heteroatoms. The monoisotopic (exact) mass is 389 g/mol. The van der Waals surface area contributed by atoms with E-state index in [1.807, 2.05) is 12.1 Å².